The van der Waals surface area contributed by atoms with Gasteiger partial charge in [-0.2, -0.15) is 0 Å². The summed E-state index contributed by atoms with van der Waals surface area (Å²) < 4.78 is 25.5. The first-order chi connectivity index (χ1) is 7.60. The molecule has 5 nitrogen and oxygen atoms in total. The lowest BCUT2D eigenvalue weighted by Gasteiger charge is -2.22. The highest BCUT2D eigenvalue weighted by Gasteiger charge is 2.26. The third-order valence-corrected chi connectivity index (χ3v) is 4.94. The Labute approximate surface area is 97.9 Å². The molecule has 0 amide bonds. The molecule has 1 rings (SSSR count). The van der Waals surface area contributed by atoms with Crippen molar-refractivity contribution in [1.29, 1.82) is 0 Å². The molecular formula is C10H22N2O3S. The van der Waals surface area contributed by atoms with Crippen LogP contribution in [0.5, 0.6) is 0 Å². The van der Waals surface area contributed by atoms with Gasteiger partial charge in [0.05, 0.1) is 5.75 Å². The van der Waals surface area contributed by atoms with Gasteiger partial charge in [-0.3, -0.25) is 0 Å². The van der Waals surface area contributed by atoms with E-state index in [0.29, 0.717) is 19.5 Å². The lowest BCUT2D eigenvalue weighted by Crippen LogP contribution is -2.40. The van der Waals surface area contributed by atoms with E-state index in [1.165, 1.54) is 4.31 Å². The summed E-state index contributed by atoms with van der Waals surface area (Å²) in [6.07, 6.45) is 2.50. The molecule has 2 N–H and O–H groups in total. The SMILES string of the molecule is CCN(CCCO)S(=O)(=O)CC1CCCN1. The zero-order chi connectivity index (χ0) is 12.0. The largest absolute Gasteiger partial charge is 0.396 e. The van der Waals surface area contributed by atoms with Crippen molar-refractivity contribution in [2.45, 2.75) is 32.2 Å². The Bertz CT molecular complexity index is 286. The second-order valence-corrected chi connectivity index (χ2v) is 6.15. The molecule has 1 saturated heterocycles. The number of nitrogens with one attached hydrogen (secondary N) is 1. The van der Waals surface area contributed by atoms with Gasteiger partial charge in [0.25, 0.3) is 0 Å². The highest BCUT2D eigenvalue weighted by atomic mass is 32.2. The summed E-state index contributed by atoms with van der Waals surface area (Å²) in [6, 6.07) is 0.105. The van der Waals surface area contributed by atoms with Crippen LogP contribution in [0.15, 0.2) is 0 Å². The first-order valence-electron chi connectivity index (χ1n) is 5.92. The van der Waals surface area contributed by atoms with Gasteiger partial charge in [-0.1, -0.05) is 6.92 Å². The second kappa shape index (κ2) is 6.54. The molecule has 1 aliphatic heterocycles. The molecule has 0 aromatic carbocycles. The Hall–Kier alpha value is -0.170. The number of rotatable bonds is 7. The molecule has 1 atom stereocenters. The average molecular weight is 250 g/mol. The van der Waals surface area contributed by atoms with Crippen LogP contribution >= 0.6 is 0 Å². The van der Waals surface area contributed by atoms with E-state index in [1.54, 1.807) is 0 Å². The van der Waals surface area contributed by atoms with E-state index in [9.17, 15) is 8.42 Å². The van der Waals surface area contributed by atoms with Crippen molar-refractivity contribution in [2.75, 3.05) is 32.0 Å². The zero-order valence-electron chi connectivity index (χ0n) is 9.85. The normalized spacial score (nSPS) is 21.8. The molecule has 96 valence electrons. The van der Waals surface area contributed by atoms with Gasteiger partial charge in [-0.25, -0.2) is 12.7 Å². The maximum Gasteiger partial charge on any atom is 0.215 e. The Balaban J connectivity index is 2.51. The Morgan fingerprint density at radius 3 is 2.75 bits per heavy atom. The van der Waals surface area contributed by atoms with Gasteiger partial charge in [-0.15, -0.1) is 0 Å². The zero-order valence-corrected chi connectivity index (χ0v) is 10.7. The molecule has 0 aromatic rings. The number of hydrogen-bond donors (Lipinski definition) is 2. The molecule has 0 radical (unpaired) electrons. The summed E-state index contributed by atoms with van der Waals surface area (Å²) in [5.74, 6) is 0.187. The van der Waals surface area contributed by atoms with Crippen molar-refractivity contribution >= 4 is 10.0 Å². The summed E-state index contributed by atoms with van der Waals surface area (Å²) >= 11 is 0. The summed E-state index contributed by atoms with van der Waals surface area (Å²) in [5, 5.41) is 11.9. The van der Waals surface area contributed by atoms with Crippen molar-refractivity contribution in [3.63, 3.8) is 0 Å². The minimum Gasteiger partial charge on any atom is -0.396 e. The van der Waals surface area contributed by atoms with Crippen molar-refractivity contribution in [2.24, 2.45) is 0 Å². The molecular weight excluding hydrogens is 228 g/mol. The van der Waals surface area contributed by atoms with Crippen molar-refractivity contribution in [3.8, 4) is 0 Å². The fourth-order valence-electron chi connectivity index (χ4n) is 2.00. The average Bonchev–Trinajstić information content (AvgIpc) is 2.70. The highest BCUT2D eigenvalue weighted by molar-refractivity contribution is 7.89. The maximum absolute atomic E-state index is 12.0. The van der Waals surface area contributed by atoms with Gasteiger partial charge >= 0.3 is 0 Å². The molecule has 1 fully saturated rings. The summed E-state index contributed by atoms with van der Waals surface area (Å²) in [5.41, 5.74) is 0. The van der Waals surface area contributed by atoms with Crippen LogP contribution < -0.4 is 5.32 Å². The first kappa shape index (κ1) is 13.9. The van der Waals surface area contributed by atoms with E-state index in [4.69, 9.17) is 5.11 Å². The molecule has 0 spiro atoms. The van der Waals surface area contributed by atoms with Crippen LogP contribution in [-0.4, -0.2) is 55.9 Å². The number of sulfonamides is 1. The van der Waals surface area contributed by atoms with Crippen LogP contribution in [0.25, 0.3) is 0 Å². The van der Waals surface area contributed by atoms with Crippen LogP contribution in [0.3, 0.4) is 0 Å². The van der Waals surface area contributed by atoms with E-state index in [1.807, 2.05) is 6.92 Å². The predicted molar refractivity (Wildman–Crippen MR) is 63.8 cm³/mol. The third-order valence-electron chi connectivity index (χ3n) is 2.89. The van der Waals surface area contributed by atoms with Gasteiger partial charge in [0.1, 0.15) is 0 Å². The molecule has 16 heavy (non-hydrogen) atoms. The summed E-state index contributed by atoms with van der Waals surface area (Å²) in [4.78, 5) is 0. The van der Waals surface area contributed by atoms with E-state index in [0.717, 1.165) is 19.4 Å². The monoisotopic (exact) mass is 250 g/mol. The lowest BCUT2D eigenvalue weighted by molar-refractivity contribution is 0.271. The van der Waals surface area contributed by atoms with Crippen molar-refractivity contribution < 1.29 is 13.5 Å². The van der Waals surface area contributed by atoms with Crippen LogP contribution in [0.1, 0.15) is 26.2 Å². The van der Waals surface area contributed by atoms with Crippen LogP contribution in [0, 0.1) is 0 Å². The molecule has 0 bridgehead atoms. The third kappa shape index (κ3) is 4.01. The van der Waals surface area contributed by atoms with Crippen LogP contribution in [0.4, 0.5) is 0 Å². The van der Waals surface area contributed by atoms with Gasteiger partial charge < -0.3 is 10.4 Å². The Kier molecular flexibility index (Phi) is 5.68. The lowest BCUT2D eigenvalue weighted by atomic mass is 10.3. The molecule has 0 saturated carbocycles. The van der Waals surface area contributed by atoms with Gasteiger partial charge in [-0.05, 0) is 25.8 Å². The van der Waals surface area contributed by atoms with E-state index < -0.39 is 10.0 Å². The minimum absolute atomic E-state index is 0.0354. The molecule has 1 unspecified atom stereocenters. The fraction of sp³-hybridized carbons (Fsp3) is 1.00. The van der Waals surface area contributed by atoms with Crippen LogP contribution in [-0.2, 0) is 10.0 Å². The molecule has 0 aromatic heterocycles. The van der Waals surface area contributed by atoms with E-state index in [2.05, 4.69) is 5.32 Å². The molecule has 6 heteroatoms. The minimum atomic E-state index is -3.17. The summed E-state index contributed by atoms with van der Waals surface area (Å²) in [7, 11) is -3.17. The molecule has 1 heterocycles. The maximum atomic E-state index is 12.0. The topological polar surface area (TPSA) is 69.6 Å². The summed E-state index contributed by atoms with van der Waals surface area (Å²) in [6.45, 7) is 3.69. The molecule has 0 aliphatic carbocycles. The second-order valence-electron chi connectivity index (χ2n) is 4.14. The highest BCUT2D eigenvalue weighted by Crippen LogP contribution is 2.11. The standard InChI is InChI=1S/C10H22N2O3S/c1-2-12(7-4-8-13)16(14,15)9-10-5-3-6-11-10/h10-11,13H,2-9H2,1H3. The molecule has 1 aliphatic rings. The number of aliphatic hydroxyl groups excluding tert-OH is 1. The van der Waals surface area contributed by atoms with Gasteiger partial charge in [0.15, 0.2) is 0 Å². The van der Waals surface area contributed by atoms with Gasteiger partial charge in [0, 0.05) is 25.7 Å². The van der Waals surface area contributed by atoms with Crippen LogP contribution in [0.2, 0.25) is 0 Å². The smallest absolute Gasteiger partial charge is 0.215 e. The number of aliphatic hydroxyl groups is 1. The Morgan fingerprint density at radius 1 is 1.50 bits per heavy atom. The van der Waals surface area contributed by atoms with Crippen molar-refractivity contribution in [1.82, 2.24) is 9.62 Å². The quantitative estimate of drug-likeness (QED) is 0.655. The number of hydrogen-bond acceptors (Lipinski definition) is 4. The van der Waals surface area contributed by atoms with Crippen molar-refractivity contribution in [3.05, 3.63) is 0 Å². The van der Waals surface area contributed by atoms with E-state index in [-0.39, 0.29) is 18.4 Å². The fourth-order valence-corrected chi connectivity index (χ4v) is 3.80. The number of nitrogens with zero attached hydrogens (tertiary/aromatic N) is 1. The first-order valence-corrected chi connectivity index (χ1v) is 7.53. The predicted octanol–water partition coefficient (Wildman–Crippen LogP) is -0.227. The Morgan fingerprint density at radius 2 is 2.25 bits per heavy atom. The van der Waals surface area contributed by atoms with Gasteiger partial charge in [0.2, 0.25) is 10.0 Å². The van der Waals surface area contributed by atoms with E-state index >= 15 is 0 Å².